The molecule has 1 saturated carbocycles. The number of hydrogen-bond donors (Lipinski definition) is 1. The van der Waals surface area contributed by atoms with Crippen molar-refractivity contribution in [3.63, 3.8) is 0 Å². The van der Waals surface area contributed by atoms with Crippen LogP contribution < -0.4 is 5.73 Å². The van der Waals surface area contributed by atoms with E-state index in [1.54, 1.807) is 0 Å². The molecule has 3 heteroatoms. The van der Waals surface area contributed by atoms with Crippen LogP contribution in [-0.4, -0.2) is 19.6 Å². The molecule has 110 valence electrons. The van der Waals surface area contributed by atoms with E-state index in [0.29, 0.717) is 6.42 Å². The molecule has 0 bridgehead atoms. The molecular weight excluding hydrogens is 250 g/mol. The zero-order valence-corrected chi connectivity index (χ0v) is 12.3. The number of benzene rings is 1. The zero-order valence-electron chi connectivity index (χ0n) is 12.3. The summed E-state index contributed by atoms with van der Waals surface area (Å²) < 4.78 is 4.68. The Bertz CT molecular complexity index is 419. The van der Waals surface area contributed by atoms with Crippen LogP contribution >= 0.6 is 0 Å². The quantitative estimate of drug-likeness (QED) is 0.841. The third-order valence-corrected chi connectivity index (χ3v) is 4.42. The second kappa shape index (κ2) is 7.44. The number of nitrogens with two attached hydrogens (primary N) is 1. The first-order valence-corrected chi connectivity index (χ1v) is 7.56. The lowest BCUT2D eigenvalue weighted by atomic mass is 9.79. The predicted octanol–water partition coefficient (Wildman–Crippen LogP) is 2.71. The van der Waals surface area contributed by atoms with Crippen molar-refractivity contribution >= 4 is 5.97 Å². The monoisotopic (exact) mass is 275 g/mol. The van der Waals surface area contributed by atoms with E-state index >= 15 is 0 Å². The second-order valence-corrected chi connectivity index (χ2v) is 5.90. The van der Waals surface area contributed by atoms with Gasteiger partial charge in [0.25, 0.3) is 0 Å². The van der Waals surface area contributed by atoms with Gasteiger partial charge in [-0.05, 0) is 61.6 Å². The third-order valence-electron chi connectivity index (χ3n) is 4.42. The molecule has 0 aliphatic heterocycles. The molecule has 1 aliphatic rings. The minimum Gasteiger partial charge on any atom is -0.469 e. The third kappa shape index (κ3) is 4.34. The summed E-state index contributed by atoms with van der Waals surface area (Å²) in [4.78, 5) is 11.2. The van der Waals surface area contributed by atoms with E-state index in [2.05, 4.69) is 16.9 Å². The molecule has 0 aromatic heterocycles. The molecule has 1 aromatic rings. The van der Waals surface area contributed by atoms with E-state index in [0.717, 1.165) is 30.4 Å². The van der Waals surface area contributed by atoms with Crippen molar-refractivity contribution in [2.75, 3.05) is 13.7 Å². The van der Waals surface area contributed by atoms with Crippen molar-refractivity contribution in [3.8, 4) is 0 Å². The lowest BCUT2D eigenvalue weighted by molar-refractivity contribution is -0.139. The number of rotatable bonds is 5. The van der Waals surface area contributed by atoms with Gasteiger partial charge in [-0.1, -0.05) is 24.3 Å². The number of esters is 1. The van der Waals surface area contributed by atoms with Gasteiger partial charge in [-0.3, -0.25) is 4.79 Å². The summed E-state index contributed by atoms with van der Waals surface area (Å²) >= 11 is 0. The summed E-state index contributed by atoms with van der Waals surface area (Å²) in [5.41, 5.74) is 8.12. The molecular formula is C17H25NO2. The van der Waals surface area contributed by atoms with Crippen LogP contribution in [0.15, 0.2) is 24.3 Å². The molecule has 1 aromatic carbocycles. The number of carbonyl (C=O) groups is 1. The van der Waals surface area contributed by atoms with Crippen molar-refractivity contribution < 1.29 is 9.53 Å². The van der Waals surface area contributed by atoms with Crippen molar-refractivity contribution in [2.45, 2.75) is 38.5 Å². The van der Waals surface area contributed by atoms with Crippen molar-refractivity contribution in [3.05, 3.63) is 35.4 Å². The SMILES string of the molecule is COC(=O)Cc1ccc(CC2CCC(CN)CC2)cc1. The highest BCUT2D eigenvalue weighted by molar-refractivity contribution is 5.72. The largest absolute Gasteiger partial charge is 0.469 e. The maximum atomic E-state index is 11.2. The van der Waals surface area contributed by atoms with Gasteiger partial charge >= 0.3 is 5.97 Å². The summed E-state index contributed by atoms with van der Waals surface area (Å²) in [5, 5.41) is 0. The highest BCUT2D eigenvalue weighted by atomic mass is 16.5. The smallest absolute Gasteiger partial charge is 0.309 e. The summed E-state index contributed by atoms with van der Waals surface area (Å²) in [6.07, 6.45) is 6.66. The second-order valence-electron chi connectivity index (χ2n) is 5.90. The molecule has 0 heterocycles. The van der Waals surface area contributed by atoms with Crippen molar-refractivity contribution in [2.24, 2.45) is 17.6 Å². The minimum atomic E-state index is -0.183. The normalized spacial score (nSPS) is 22.5. The van der Waals surface area contributed by atoms with Gasteiger partial charge in [-0.15, -0.1) is 0 Å². The Morgan fingerprint density at radius 2 is 1.65 bits per heavy atom. The van der Waals surface area contributed by atoms with Gasteiger partial charge in [-0.25, -0.2) is 0 Å². The molecule has 2 N–H and O–H groups in total. The molecule has 0 spiro atoms. The van der Waals surface area contributed by atoms with Crippen LogP contribution in [0, 0.1) is 11.8 Å². The Labute approximate surface area is 121 Å². The Morgan fingerprint density at radius 3 is 2.20 bits per heavy atom. The number of methoxy groups -OCH3 is 1. The van der Waals surface area contributed by atoms with Gasteiger partial charge in [0, 0.05) is 0 Å². The molecule has 1 fully saturated rings. The number of carbonyl (C=O) groups excluding carboxylic acids is 1. The molecule has 3 nitrogen and oxygen atoms in total. The standard InChI is InChI=1S/C17H25NO2/c1-20-17(19)11-15-4-2-13(3-5-15)10-14-6-8-16(12-18)9-7-14/h2-5,14,16H,6-12,18H2,1H3. The summed E-state index contributed by atoms with van der Waals surface area (Å²) in [7, 11) is 1.42. The lowest BCUT2D eigenvalue weighted by Gasteiger charge is -2.27. The van der Waals surface area contributed by atoms with Gasteiger partial charge < -0.3 is 10.5 Å². The van der Waals surface area contributed by atoms with Crippen LogP contribution in [-0.2, 0) is 22.4 Å². The van der Waals surface area contributed by atoms with Crippen molar-refractivity contribution in [1.82, 2.24) is 0 Å². The molecule has 0 unspecified atom stereocenters. The zero-order chi connectivity index (χ0) is 14.4. The van der Waals surface area contributed by atoms with E-state index in [1.165, 1.54) is 38.4 Å². The lowest BCUT2D eigenvalue weighted by Crippen LogP contribution is -2.22. The Morgan fingerprint density at radius 1 is 1.10 bits per heavy atom. The highest BCUT2D eigenvalue weighted by Crippen LogP contribution is 2.30. The van der Waals surface area contributed by atoms with Crippen molar-refractivity contribution in [1.29, 1.82) is 0 Å². The van der Waals surface area contributed by atoms with Gasteiger partial charge in [0.15, 0.2) is 0 Å². The molecule has 20 heavy (non-hydrogen) atoms. The van der Waals surface area contributed by atoms with Crippen LogP contribution in [0.4, 0.5) is 0 Å². The molecule has 0 amide bonds. The van der Waals surface area contributed by atoms with Crippen LogP contribution in [0.3, 0.4) is 0 Å². The Balaban J connectivity index is 1.83. The fourth-order valence-electron chi connectivity index (χ4n) is 3.04. The van der Waals surface area contributed by atoms with Gasteiger partial charge in [0.1, 0.15) is 0 Å². The Hall–Kier alpha value is -1.35. The first-order valence-electron chi connectivity index (χ1n) is 7.56. The maximum absolute atomic E-state index is 11.2. The topological polar surface area (TPSA) is 52.3 Å². The van der Waals surface area contributed by atoms with E-state index in [1.807, 2.05) is 12.1 Å². The van der Waals surface area contributed by atoms with E-state index < -0.39 is 0 Å². The van der Waals surface area contributed by atoms with E-state index in [-0.39, 0.29) is 5.97 Å². The van der Waals surface area contributed by atoms with Gasteiger partial charge in [-0.2, -0.15) is 0 Å². The first kappa shape index (κ1) is 15.0. The predicted molar refractivity (Wildman–Crippen MR) is 80.4 cm³/mol. The first-order chi connectivity index (χ1) is 9.71. The Kier molecular flexibility index (Phi) is 5.60. The van der Waals surface area contributed by atoms with Crippen LogP contribution in [0.2, 0.25) is 0 Å². The summed E-state index contributed by atoms with van der Waals surface area (Å²) in [5.74, 6) is 1.36. The highest BCUT2D eigenvalue weighted by Gasteiger charge is 2.20. The van der Waals surface area contributed by atoms with E-state index in [9.17, 15) is 4.79 Å². The van der Waals surface area contributed by atoms with Gasteiger partial charge in [0.05, 0.1) is 13.5 Å². The molecule has 1 aliphatic carbocycles. The average Bonchev–Trinajstić information content (AvgIpc) is 2.50. The molecule has 0 radical (unpaired) electrons. The average molecular weight is 275 g/mol. The minimum absolute atomic E-state index is 0.183. The van der Waals surface area contributed by atoms with Gasteiger partial charge in [0.2, 0.25) is 0 Å². The number of hydrogen-bond acceptors (Lipinski definition) is 3. The fourth-order valence-corrected chi connectivity index (χ4v) is 3.04. The molecule has 2 rings (SSSR count). The molecule has 0 saturated heterocycles. The van der Waals surface area contributed by atoms with Crippen LogP contribution in [0.1, 0.15) is 36.8 Å². The maximum Gasteiger partial charge on any atom is 0.309 e. The summed E-state index contributed by atoms with van der Waals surface area (Å²) in [6, 6.07) is 8.37. The summed E-state index contributed by atoms with van der Waals surface area (Å²) in [6.45, 7) is 0.842. The van der Waals surface area contributed by atoms with Crippen LogP contribution in [0.5, 0.6) is 0 Å². The molecule has 0 atom stereocenters. The fraction of sp³-hybridized carbons (Fsp3) is 0.588. The van der Waals surface area contributed by atoms with Crippen LogP contribution in [0.25, 0.3) is 0 Å². The van der Waals surface area contributed by atoms with E-state index in [4.69, 9.17) is 5.73 Å². The number of ether oxygens (including phenoxy) is 1.